The number of hydrogen-bond acceptors (Lipinski definition) is 5. The highest BCUT2D eigenvalue weighted by Gasteiger charge is 2.11. The van der Waals surface area contributed by atoms with Gasteiger partial charge in [0.2, 0.25) is 11.7 Å². The van der Waals surface area contributed by atoms with Crippen LogP contribution in [0.1, 0.15) is 17.9 Å². The van der Waals surface area contributed by atoms with Crippen molar-refractivity contribution in [1.82, 2.24) is 10.1 Å². The van der Waals surface area contributed by atoms with E-state index in [4.69, 9.17) is 20.9 Å². The van der Waals surface area contributed by atoms with Gasteiger partial charge < -0.3 is 9.26 Å². The third-order valence-corrected chi connectivity index (χ3v) is 3.68. The zero-order valence-corrected chi connectivity index (χ0v) is 13.9. The van der Waals surface area contributed by atoms with E-state index >= 15 is 0 Å². The number of benzene rings is 2. The van der Waals surface area contributed by atoms with E-state index in [1.807, 2.05) is 0 Å². The Balaban J connectivity index is 1.49. The first-order valence-electron chi connectivity index (χ1n) is 7.59. The smallest absolute Gasteiger partial charge is 0.306 e. The Hall–Kier alpha value is -2.73. The molecule has 0 atom stereocenters. The van der Waals surface area contributed by atoms with Gasteiger partial charge in [0.05, 0.1) is 6.42 Å². The van der Waals surface area contributed by atoms with Crippen LogP contribution in [0.3, 0.4) is 0 Å². The summed E-state index contributed by atoms with van der Waals surface area (Å²) >= 11 is 5.84. The van der Waals surface area contributed by atoms with E-state index in [9.17, 15) is 9.18 Å². The number of esters is 1. The summed E-state index contributed by atoms with van der Waals surface area (Å²) in [6.45, 7) is 0.0962. The molecule has 0 unspecified atom stereocenters. The molecule has 0 saturated carbocycles. The Kier molecular flexibility index (Phi) is 5.40. The first-order valence-corrected chi connectivity index (χ1v) is 7.96. The standard InChI is InChI=1S/C18H14ClFN2O3/c19-14-5-3-13(4-6-14)18-21-16(25-22-18)9-10-17(23)24-11-12-1-7-15(20)8-2-12/h1-8H,9-11H2. The Labute approximate surface area is 148 Å². The van der Waals surface area contributed by atoms with Crippen molar-refractivity contribution < 1.29 is 18.4 Å². The van der Waals surface area contributed by atoms with Gasteiger partial charge in [0.1, 0.15) is 12.4 Å². The number of carbonyl (C=O) groups excluding carboxylic acids is 1. The average molecular weight is 361 g/mol. The maximum absolute atomic E-state index is 12.8. The fourth-order valence-electron chi connectivity index (χ4n) is 2.10. The summed E-state index contributed by atoms with van der Waals surface area (Å²) < 4.78 is 23.1. The van der Waals surface area contributed by atoms with Crippen LogP contribution in [0.4, 0.5) is 4.39 Å². The van der Waals surface area contributed by atoms with Crippen molar-refractivity contribution in [1.29, 1.82) is 0 Å². The Morgan fingerprint density at radius 1 is 1.12 bits per heavy atom. The molecule has 3 aromatic rings. The third-order valence-electron chi connectivity index (χ3n) is 3.43. The van der Waals surface area contributed by atoms with Gasteiger partial charge in [-0.3, -0.25) is 4.79 Å². The monoisotopic (exact) mass is 360 g/mol. The SMILES string of the molecule is O=C(CCc1nc(-c2ccc(Cl)cc2)no1)OCc1ccc(F)cc1. The summed E-state index contributed by atoms with van der Waals surface area (Å²) in [5, 5.41) is 4.50. The molecule has 5 nitrogen and oxygen atoms in total. The molecular formula is C18H14ClFN2O3. The molecule has 3 rings (SSSR count). The lowest BCUT2D eigenvalue weighted by Crippen LogP contribution is -2.06. The number of ether oxygens (including phenoxy) is 1. The minimum absolute atomic E-state index is 0.0962. The van der Waals surface area contributed by atoms with Gasteiger partial charge in [-0.05, 0) is 42.0 Å². The fourth-order valence-corrected chi connectivity index (χ4v) is 2.22. The number of carbonyl (C=O) groups is 1. The Morgan fingerprint density at radius 2 is 1.84 bits per heavy atom. The zero-order chi connectivity index (χ0) is 17.6. The minimum atomic E-state index is -0.393. The van der Waals surface area contributed by atoms with Gasteiger partial charge in [-0.15, -0.1) is 0 Å². The zero-order valence-electron chi connectivity index (χ0n) is 13.1. The number of halogens is 2. The van der Waals surface area contributed by atoms with Crippen molar-refractivity contribution in [3.63, 3.8) is 0 Å². The van der Waals surface area contributed by atoms with E-state index in [-0.39, 0.29) is 25.3 Å². The van der Waals surface area contributed by atoms with Crippen LogP contribution >= 0.6 is 11.6 Å². The molecule has 2 aromatic carbocycles. The molecule has 0 aliphatic heterocycles. The third kappa shape index (κ3) is 4.87. The molecule has 1 aromatic heterocycles. The summed E-state index contributed by atoms with van der Waals surface area (Å²) in [5.74, 6) is 0.0635. The number of rotatable bonds is 6. The molecule has 0 bridgehead atoms. The predicted molar refractivity (Wildman–Crippen MR) is 89.3 cm³/mol. The highest BCUT2D eigenvalue weighted by atomic mass is 35.5. The highest BCUT2D eigenvalue weighted by Crippen LogP contribution is 2.19. The van der Waals surface area contributed by atoms with Gasteiger partial charge in [0, 0.05) is 17.0 Å². The van der Waals surface area contributed by atoms with E-state index in [1.165, 1.54) is 12.1 Å². The molecule has 0 saturated heterocycles. The van der Waals surface area contributed by atoms with E-state index in [2.05, 4.69) is 10.1 Å². The first kappa shape index (κ1) is 17.1. The van der Waals surface area contributed by atoms with Gasteiger partial charge in [-0.2, -0.15) is 4.98 Å². The molecule has 0 radical (unpaired) electrons. The lowest BCUT2D eigenvalue weighted by Gasteiger charge is -2.03. The van der Waals surface area contributed by atoms with Gasteiger partial charge in [-0.1, -0.05) is 28.9 Å². The van der Waals surface area contributed by atoms with Crippen LogP contribution in [-0.4, -0.2) is 16.1 Å². The van der Waals surface area contributed by atoms with Crippen molar-refractivity contribution in [2.45, 2.75) is 19.4 Å². The lowest BCUT2D eigenvalue weighted by molar-refractivity contribution is -0.145. The summed E-state index contributed by atoms with van der Waals surface area (Å²) in [4.78, 5) is 16.0. The number of hydrogen-bond donors (Lipinski definition) is 0. The van der Waals surface area contributed by atoms with Crippen LogP contribution in [0.15, 0.2) is 53.1 Å². The van der Waals surface area contributed by atoms with E-state index in [0.29, 0.717) is 16.7 Å². The topological polar surface area (TPSA) is 65.2 Å². The summed E-state index contributed by atoms with van der Waals surface area (Å²) in [7, 11) is 0. The van der Waals surface area contributed by atoms with Crippen molar-refractivity contribution in [3.05, 3.63) is 70.8 Å². The van der Waals surface area contributed by atoms with Crippen molar-refractivity contribution >= 4 is 17.6 Å². The van der Waals surface area contributed by atoms with Crippen molar-refractivity contribution in [2.24, 2.45) is 0 Å². The molecule has 1 heterocycles. The highest BCUT2D eigenvalue weighted by molar-refractivity contribution is 6.30. The molecule has 25 heavy (non-hydrogen) atoms. The second-order valence-electron chi connectivity index (χ2n) is 5.31. The average Bonchev–Trinajstić information content (AvgIpc) is 3.09. The van der Waals surface area contributed by atoms with Crippen LogP contribution in [0.2, 0.25) is 5.02 Å². The fraction of sp³-hybridized carbons (Fsp3) is 0.167. The lowest BCUT2D eigenvalue weighted by atomic mass is 10.2. The van der Waals surface area contributed by atoms with E-state index in [1.54, 1.807) is 36.4 Å². The maximum Gasteiger partial charge on any atom is 0.306 e. The molecule has 0 aliphatic rings. The van der Waals surface area contributed by atoms with Crippen LogP contribution in [0, 0.1) is 5.82 Å². The largest absolute Gasteiger partial charge is 0.461 e. The van der Waals surface area contributed by atoms with E-state index in [0.717, 1.165) is 11.1 Å². The van der Waals surface area contributed by atoms with Gasteiger partial charge >= 0.3 is 5.97 Å². The van der Waals surface area contributed by atoms with Crippen molar-refractivity contribution in [3.8, 4) is 11.4 Å². The molecular weight excluding hydrogens is 347 g/mol. The van der Waals surface area contributed by atoms with Crippen LogP contribution < -0.4 is 0 Å². The first-order chi connectivity index (χ1) is 12.1. The second-order valence-corrected chi connectivity index (χ2v) is 5.74. The molecule has 7 heteroatoms. The summed E-state index contributed by atoms with van der Waals surface area (Å²) in [6, 6.07) is 12.8. The van der Waals surface area contributed by atoms with Crippen molar-refractivity contribution in [2.75, 3.05) is 0 Å². The quantitative estimate of drug-likeness (QED) is 0.616. The molecule has 0 amide bonds. The number of aromatic nitrogens is 2. The van der Waals surface area contributed by atoms with Gasteiger partial charge in [-0.25, -0.2) is 4.39 Å². The molecule has 128 valence electrons. The van der Waals surface area contributed by atoms with Crippen LogP contribution in [0.25, 0.3) is 11.4 Å². The molecule has 0 fully saturated rings. The van der Waals surface area contributed by atoms with Crippen LogP contribution in [0.5, 0.6) is 0 Å². The van der Waals surface area contributed by atoms with Crippen LogP contribution in [-0.2, 0) is 22.6 Å². The Morgan fingerprint density at radius 3 is 2.56 bits per heavy atom. The Bertz CT molecular complexity index is 848. The predicted octanol–water partition coefficient (Wildman–Crippen LogP) is 4.21. The minimum Gasteiger partial charge on any atom is -0.461 e. The van der Waals surface area contributed by atoms with E-state index < -0.39 is 5.97 Å². The van der Waals surface area contributed by atoms with Gasteiger partial charge in [0.25, 0.3) is 0 Å². The number of nitrogens with zero attached hydrogens (tertiary/aromatic N) is 2. The summed E-state index contributed by atoms with van der Waals surface area (Å²) in [6.07, 6.45) is 0.395. The molecule has 0 aliphatic carbocycles. The second kappa shape index (κ2) is 7.90. The number of aryl methyl sites for hydroxylation is 1. The molecule has 0 spiro atoms. The molecule has 0 N–H and O–H groups in total. The van der Waals surface area contributed by atoms with Gasteiger partial charge in [0.15, 0.2) is 0 Å². The normalized spacial score (nSPS) is 10.6. The maximum atomic E-state index is 12.8. The summed E-state index contributed by atoms with van der Waals surface area (Å²) in [5.41, 5.74) is 1.50.